The number of amides is 2. The van der Waals surface area contributed by atoms with Crippen LogP contribution in [-0.4, -0.2) is 56.1 Å². The quantitative estimate of drug-likeness (QED) is 0.822. The molecule has 1 aliphatic rings. The van der Waals surface area contributed by atoms with E-state index in [1.165, 1.54) is 11.0 Å². The lowest BCUT2D eigenvalue weighted by molar-refractivity contribution is -0.139. The molecule has 1 aromatic carbocycles. The molecule has 2 aromatic rings. The molecule has 0 radical (unpaired) electrons. The van der Waals surface area contributed by atoms with Crippen LogP contribution in [0.3, 0.4) is 0 Å². The number of aromatic nitrogens is 4. The van der Waals surface area contributed by atoms with Crippen molar-refractivity contribution in [2.24, 2.45) is 0 Å². The van der Waals surface area contributed by atoms with Crippen LogP contribution in [0.1, 0.15) is 18.9 Å². The number of piperazine rings is 1. The minimum absolute atomic E-state index is 0.0374. The molecule has 8 nitrogen and oxygen atoms in total. The van der Waals surface area contributed by atoms with Gasteiger partial charge in [-0.3, -0.25) is 9.59 Å². The highest BCUT2D eigenvalue weighted by Gasteiger charge is 2.32. The van der Waals surface area contributed by atoms with Gasteiger partial charge in [0.05, 0.1) is 6.54 Å². The fourth-order valence-electron chi connectivity index (χ4n) is 2.87. The van der Waals surface area contributed by atoms with Crippen LogP contribution in [0.25, 0.3) is 0 Å². The minimum Gasteiger partial charge on any atom is -0.329 e. The summed E-state index contributed by atoms with van der Waals surface area (Å²) in [5, 5.41) is 10.8. The van der Waals surface area contributed by atoms with Crippen LogP contribution >= 0.6 is 0 Å². The average Bonchev–Trinajstić information content (AvgIpc) is 3.08. The first-order valence-corrected chi connectivity index (χ1v) is 7.92. The van der Waals surface area contributed by atoms with Gasteiger partial charge in [0.2, 0.25) is 11.8 Å². The third kappa shape index (κ3) is 3.42. The zero-order chi connectivity index (χ0) is 17.1. The Morgan fingerprint density at radius 1 is 1.38 bits per heavy atom. The number of aryl methyl sites for hydroxylation is 2. The standard InChI is InChI=1S/C16H20N6O2/c1-12-4-3-5-14(8-12)22-9-13(2)21(10-16(22)24)15(23)6-7-20-11-17-18-19-20/h3-5,8,11,13H,6-7,9-10H2,1-2H3/t13-/m0/s1. The van der Waals surface area contributed by atoms with E-state index in [0.29, 0.717) is 13.1 Å². The summed E-state index contributed by atoms with van der Waals surface area (Å²) in [5.74, 6) is -0.121. The lowest BCUT2D eigenvalue weighted by Crippen LogP contribution is -2.57. The van der Waals surface area contributed by atoms with Gasteiger partial charge in [0, 0.05) is 24.7 Å². The van der Waals surface area contributed by atoms with Crippen molar-refractivity contribution in [1.82, 2.24) is 25.1 Å². The normalized spacial score (nSPS) is 18.1. The van der Waals surface area contributed by atoms with Crippen LogP contribution in [0.5, 0.6) is 0 Å². The number of tetrazole rings is 1. The second kappa shape index (κ2) is 6.77. The largest absolute Gasteiger partial charge is 0.329 e. The molecule has 2 heterocycles. The molecule has 1 fully saturated rings. The zero-order valence-electron chi connectivity index (χ0n) is 13.8. The Labute approximate surface area is 140 Å². The van der Waals surface area contributed by atoms with Gasteiger partial charge < -0.3 is 9.80 Å². The molecule has 2 amide bonds. The summed E-state index contributed by atoms with van der Waals surface area (Å²) in [5.41, 5.74) is 1.99. The van der Waals surface area contributed by atoms with Gasteiger partial charge in [0.15, 0.2) is 0 Å². The van der Waals surface area contributed by atoms with Crippen LogP contribution in [0.2, 0.25) is 0 Å². The molecule has 0 saturated carbocycles. The first kappa shape index (κ1) is 16.1. The number of rotatable bonds is 4. The van der Waals surface area contributed by atoms with Crippen LogP contribution in [-0.2, 0) is 16.1 Å². The Hall–Kier alpha value is -2.77. The van der Waals surface area contributed by atoms with Crippen LogP contribution in [0, 0.1) is 6.92 Å². The summed E-state index contributed by atoms with van der Waals surface area (Å²) in [6.07, 6.45) is 1.74. The highest BCUT2D eigenvalue weighted by atomic mass is 16.2. The Balaban J connectivity index is 1.64. The third-order valence-electron chi connectivity index (χ3n) is 4.17. The Morgan fingerprint density at radius 3 is 2.92 bits per heavy atom. The predicted molar refractivity (Wildman–Crippen MR) is 87.1 cm³/mol. The lowest BCUT2D eigenvalue weighted by atomic mass is 10.1. The summed E-state index contributed by atoms with van der Waals surface area (Å²) >= 11 is 0. The minimum atomic E-state index is -0.0607. The number of hydrogen-bond acceptors (Lipinski definition) is 5. The average molecular weight is 328 g/mol. The van der Waals surface area contributed by atoms with Gasteiger partial charge in [-0.05, 0) is 42.0 Å². The predicted octanol–water partition coefficient (Wildman–Crippen LogP) is 0.636. The summed E-state index contributed by atoms with van der Waals surface area (Å²) in [6.45, 7) is 4.97. The molecular weight excluding hydrogens is 308 g/mol. The summed E-state index contributed by atoms with van der Waals surface area (Å²) in [7, 11) is 0. The van der Waals surface area contributed by atoms with Crippen LogP contribution in [0.15, 0.2) is 30.6 Å². The van der Waals surface area contributed by atoms with E-state index in [2.05, 4.69) is 15.5 Å². The molecule has 24 heavy (non-hydrogen) atoms. The molecule has 1 aromatic heterocycles. The maximum atomic E-state index is 12.5. The number of nitrogens with zero attached hydrogens (tertiary/aromatic N) is 6. The molecule has 126 valence electrons. The molecule has 1 aliphatic heterocycles. The Bertz CT molecular complexity index is 730. The van der Waals surface area contributed by atoms with E-state index in [9.17, 15) is 9.59 Å². The number of carbonyl (C=O) groups excluding carboxylic acids is 2. The van der Waals surface area contributed by atoms with Crippen molar-refractivity contribution in [2.75, 3.05) is 18.0 Å². The monoisotopic (exact) mass is 328 g/mol. The molecule has 8 heteroatoms. The highest BCUT2D eigenvalue weighted by molar-refractivity contribution is 5.98. The van der Waals surface area contributed by atoms with Gasteiger partial charge in [0.25, 0.3) is 0 Å². The van der Waals surface area contributed by atoms with Gasteiger partial charge in [0.1, 0.15) is 12.9 Å². The van der Waals surface area contributed by atoms with Crippen molar-refractivity contribution in [3.05, 3.63) is 36.2 Å². The molecular formula is C16H20N6O2. The molecule has 0 N–H and O–H groups in total. The van der Waals surface area contributed by atoms with E-state index in [0.717, 1.165) is 11.3 Å². The van der Waals surface area contributed by atoms with Crippen molar-refractivity contribution in [1.29, 1.82) is 0 Å². The number of anilines is 1. The number of hydrogen-bond donors (Lipinski definition) is 0. The van der Waals surface area contributed by atoms with E-state index in [-0.39, 0.29) is 30.8 Å². The SMILES string of the molecule is Cc1cccc(N2C[C@H](C)N(C(=O)CCn3cnnn3)CC2=O)c1. The van der Waals surface area contributed by atoms with Crippen molar-refractivity contribution in [3.63, 3.8) is 0 Å². The smallest absolute Gasteiger partial charge is 0.246 e. The summed E-state index contributed by atoms with van der Waals surface area (Å²) in [4.78, 5) is 28.3. The maximum Gasteiger partial charge on any atom is 0.246 e. The van der Waals surface area contributed by atoms with E-state index >= 15 is 0 Å². The summed E-state index contributed by atoms with van der Waals surface area (Å²) in [6, 6.07) is 7.80. The fraction of sp³-hybridized carbons (Fsp3) is 0.438. The molecule has 0 bridgehead atoms. The highest BCUT2D eigenvalue weighted by Crippen LogP contribution is 2.21. The molecule has 1 saturated heterocycles. The second-order valence-electron chi connectivity index (χ2n) is 6.04. The van der Waals surface area contributed by atoms with Gasteiger partial charge >= 0.3 is 0 Å². The fourth-order valence-corrected chi connectivity index (χ4v) is 2.87. The molecule has 1 atom stereocenters. The first-order valence-electron chi connectivity index (χ1n) is 7.92. The molecule has 0 unspecified atom stereocenters. The van der Waals surface area contributed by atoms with Crippen LogP contribution in [0.4, 0.5) is 5.69 Å². The zero-order valence-corrected chi connectivity index (χ0v) is 13.8. The van der Waals surface area contributed by atoms with Gasteiger partial charge in [-0.25, -0.2) is 4.68 Å². The first-order chi connectivity index (χ1) is 11.5. The van der Waals surface area contributed by atoms with E-state index in [1.54, 1.807) is 9.80 Å². The number of benzene rings is 1. The van der Waals surface area contributed by atoms with Crippen molar-refractivity contribution in [2.45, 2.75) is 32.9 Å². The van der Waals surface area contributed by atoms with Gasteiger partial charge in [-0.1, -0.05) is 12.1 Å². The molecule has 3 rings (SSSR count). The Morgan fingerprint density at radius 2 is 2.21 bits per heavy atom. The van der Waals surface area contributed by atoms with Crippen molar-refractivity contribution in [3.8, 4) is 0 Å². The second-order valence-corrected chi connectivity index (χ2v) is 6.04. The van der Waals surface area contributed by atoms with Crippen molar-refractivity contribution >= 4 is 17.5 Å². The van der Waals surface area contributed by atoms with E-state index in [4.69, 9.17) is 0 Å². The van der Waals surface area contributed by atoms with Gasteiger partial charge in [-0.15, -0.1) is 5.10 Å². The van der Waals surface area contributed by atoms with E-state index in [1.807, 2.05) is 38.1 Å². The third-order valence-corrected chi connectivity index (χ3v) is 4.17. The summed E-state index contributed by atoms with van der Waals surface area (Å²) < 4.78 is 1.51. The Kier molecular flexibility index (Phi) is 4.54. The van der Waals surface area contributed by atoms with Gasteiger partial charge in [-0.2, -0.15) is 0 Å². The molecule has 0 aliphatic carbocycles. The number of carbonyl (C=O) groups is 2. The maximum absolute atomic E-state index is 12.5. The van der Waals surface area contributed by atoms with Crippen LogP contribution < -0.4 is 4.90 Å². The topological polar surface area (TPSA) is 84.2 Å². The van der Waals surface area contributed by atoms with E-state index < -0.39 is 0 Å². The van der Waals surface area contributed by atoms with Crippen molar-refractivity contribution < 1.29 is 9.59 Å². The lowest BCUT2D eigenvalue weighted by Gasteiger charge is -2.39. The molecule has 0 spiro atoms.